The van der Waals surface area contributed by atoms with Crippen molar-refractivity contribution in [2.45, 2.75) is 32.4 Å². The second-order valence-electron chi connectivity index (χ2n) is 7.75. The lowest BCUT2D eigenvalue weighted by atomic mass is 10.0. The van der Waals surface area contributed by atoms with Crippen molar-refractivity contribution >= 4 is 23.2 Å². The third-order valence-corrected chi connectivity index (χ3v) is 5.87. The minimum absolute atomic E-state index is 0.0110. The van der Waals surface area contributed by atoms with Crippen molar-refractivity contribution in [2.24, 2.45) is 0 Å². The van der Waals surface area contributed by atoms with Gasteiger partial charge in [0.1, 0.15) is 28.7 Å². The fraction of sp³-hybridized carbons (Fsp3) is 0.304. The van der Waals surface area contributed by atoms with E-state index in [-0.39, 0.29) is 40.3 Å². The van der Waals surface area contributed by atoms with Gasteiger partial charge in [-0.05, 0) is 49.6 Å². The molecule has 1 aliphatic heterocycles. The summed E-state index contributed by atoms with van der Waals surface area (Å²) in [6, 6.07) is 8.95. The van der Waals surface area contributed by atoms with E-state index in [1.165, 1.54) is 24.3 Å². The Morgan fingerprint density at radius 3 is 2.69 bits per heavy atom. The Balaban J connectivity index is 1.49. The van der Waals surface area contributed by atoms with Gasteiger partial charge in [-0.1, -0.05) is 28.9 Å². The molecular weight excluding hydrogens is 440 g/mol. The predicted molar refractivity (Wildman–Crippen MR) is 117 cm³/mol. The number of aromatic nitrogens is 1. The summed E-state index contributed by atoms with van der Waals surface area (Å²) in [5, 5.41) is 16.3. The first-order valence-corrected chi connectivity index (χ1v) is 10.6. The van der Waals surface area contributed by atoms with Crippen LogP contribution in [0.3, 0.4) is 0 Å². The van der Waals surface area contributed by atoms with E-state index in [0.29, 0.717) is 37.2 Å². The van der Waals surface area contributed by atoms with Crippen LogP contribution >= 0.6 is 11.6 Å². The molecule has 0 saturated carbocycles. The number of carbonyl (C=O) groups is 1. The molecule has 2 aromatic carbocycles. The molecule has 0 spiro atoms. The molecule has 1 aliphatic rings. The molecule has 1 amide bonds. The Labute approximate surface area is 188 Å². The summed E-state index contributed by atoms with van der Waals surface area (Å²) in [7, 11) is 0. The van der Waals surface area contributed by atoms with Gasteiger partial charge in [-0.3, -0.25) is 4.79 Å². The molecule has 3 aromatic rings. The first kappa shape index (κ1) is 22.2. The summed E-state index contributed by atoms with van der Waals surface area (Å²) < 4.78 is 34.1. The standard InChI is InChI=1S/C23H22ClF2N3O3/c1-13-20(22(28-32-13)21-16(24)3-2-4-17(21)25)23(31)27-12-14-5-6-19(18(26)11-14)29-9-7-15(30)8-10-29/h2-6,11,15,30H,7-10,12H2,1H3,(H,27,31). The zero-order valence-corrected chi connectivity index (χ0v) is 18.1. The Morgan fingerprint density at radius 2 is 2.00 bits per heavy atom. The molecule has 2 heterocycles. The number of amides is 1. The van der Waals surface area contributed by atoms with Crippen LogP contribution in [0.15, 0.2) is 40.9 Å². The number of carbonyl (C=O) groups excluding carboxylic acids is 1. The van der Waals surface area contributed by atoms with Crippen LogP contribution in [-0.2, 0) is 6.54 Å². The number of rotatable bonds is 5. The summed E-state index contributed by atoms with van der Waals surface area (Å²) in [6.45, 7) is 2.78. The molecule has 32 heavy (non-hydrogen) atoms. The lowest BCUT2D eigenvalue weighted by Crippen LogP contribution is -2.36. The van der Waals surface area contributed by atoms with Crippen molar-refractivity contribution in [2.75, 3.05) is 18.0 Å². The van der Waals surface area contributed by atoms with Gasteiger partial charge in [0.15, 0.2) is 0 Å². The summed E-state index contributed by atoms with van der Waals surface area (Å²) in [5.74, 6) is -1.34. The molecule has 0 bridgehead atoms. The quantitative estimate of drug-likeness (QED) is 0.586. The van der Waals surface area contributed by atoms with E-state index in [2.05, 4.69) is 10.5 Å². The highest BCUT2D eigenvalue weighted by Crippen LogP contribution is 2.33. The largest absolute Gasteiger partial charge is 0.393 e. The van der Waals surface area contributed by atoms with Gasteiger partial charge in [0.2, 0.25) is 0 Å². The fourth-order valence-corrected chi connectivity index (χ4v) is 4.08. The van der Waals surface area contributed by atoms with Gasteiger partial charge in [-0.2, -0.15) is 0 Å². The van der Waals surface area contributed by atoms with Crippen molar-refractivity contribution in [3.63, 3.8) is 0 Å². The average Bonchev–Trinajstić information content (AvgIpc) is 3.14. The fourth-order valence-electron chi connectivity index (χ4n) is 3.83. The topological polar surface area (TPSA) is 78.6 Å². The summed E-state index contributed by atoms with van der Waals surface area (Å²) in [6.07, 6.45) is 0.863. The molecule has 1 fully saturated rings. The molecule has 0 aliphatic carbocycles. The molecule has 1 aromatic heterocycles. The molecule has 6 nitrogen and oxygen atoms in total. The molecule has 0 atom stereocenters. The van der Waals surface area contributed by atoms with E-state index >= 15 is 0 Å². The maximum Gasteiger partial charge on any atom is 0.257 e. The summed E-state index contributed by atoms with van der Waals surface area (Å²) >= 11 is 6.11. The Morgan fingerprint density at radius 1 is 1.25 bits per heavy atom. The van der Waals surface area contributed by atoms with E-state index in [4.69, 9.17) is 16.1 Å². The van der Waals surface area contributed by atoms with Crippen molar-refractivity contribution in [3.05, 3.63) is 69.9 Å². The van der Waals surface area contributed by atoms with Gasteiger partial charge < -0.3 is 19.8 Å². The van der Waals surface area contributed by atoms with E-state index < -0.39 is 17.5 Å². The lowest BCUT2D eigenvalue weighted by molar-refractivity contribution is 0.0950. The van der Waals surface area contributed by atoms with Gasteiger partial charge in [-0.15, -0.1) is 0 Å². The first-order valence-electron chi connectivity index (χ1n) is 10.3. The molecule has 9 heteroatoms. The highest BCUT2D eigenvalue weighted by Gasteiger charge is 2.25. The molecule has 4 rings (SSSR count). The van der Waals surface area contributed by atoms with E-state index in [1.807, 2.05) is 4.90 Å². The number of aryl methyl sites for hydroxylation is 1. The third kappa shape index (κ3) is 4.47. The maximum absolute atomic E-state index is 14.7. The van der Waals surface area contributed by atoms with Crippen LogP contribution in [0.25, 0.3) is 11.3 Å². The van der Waals surface area contributed by atoms with Crippen molar-refractivity contribution in [3.8, 4) is 11.3 Å². The van der Waals surface area contributed by atoms with Gasteiger partial charge in [-0.25, -0.2) is 8.78 Å². The number of nitrogens with one attached hydrogen (secondary N) is 1. The average molecular weight is 462 g/mol. The number of aliphatic hydroxyl groups is 1. The second-order valence-corrected chi connectivity index (χ2v) is 8.15. The minimum atomic E-state index is -0.622. The highest BCUT2D eigenvalue weighted by atomic mass is 35.5. The van der Waals surface area contributed by atoms with Crippen LogP contribution < -0.4 is 10.2 Å². The van der Waals surface area contributed by atoms with Crippen LogP contribution in [0.1, 0.15) is 34.5 Å². The maximum atomic E-state index is 14.7. The molecule has 0 unspecified atom stereocenters. The summed E-state index contributed by atoms with van der Waals surface area (Å²) in [5.41, 5.74) is 1.10. The monoisotopic (exact) mass is 461 g/mol. The normalized spacial score (nSPS) is 14.6. The predicted octanol–water partition coefficient (Wildman–Crippen LogP) is 4.47. The number of piperidine rings is 1. The number of aliphatic hydroxyl groups excluding tert-OH is 1. The summed E-state index contributed by atoms with van der Waals surface area (Å²) in [4.78, 5) is 14.7. The van der Waals surface area contributed by atoms with Crippen LogP contribution in [-0.4, -0.2) is 35.4 Å². The number of benzene rings is 2. The number of halogens is 3. The van der Waals surface area contributed by atoms with Crippen LogP contribution in [0.5, 0.6) is 0 Å². The van der Waals surface area contributed by atoms with Crippen LogP contribution in [0.2, 0.25) is 5.02 Å². The zero-order chi connectivity index (χ0) is 22.8. The number of anilines is 1. The van der Waals surface area contributed by atoms with Crippen molar-refractivity contribution in [1.82, 2.24) is 10.5 Å². The van der Waals surface area contributed by atoms with E-state index in [1.54, 1.807) is 19.1 Å². The Bertz CT molecular complexity index is 1120. The van der Waals surface area contributed by atoms with Gasteiger partial charge in [0.25, 0.3) is 5.91 Å². The first-order chi connectivity index (χ1) is 15.3. The van der Waals surface area contributed by atoms with Crippen LogP contribution in [0, 0.1) is 18.6 Å². The molecule has 1 saturated heterocycles. The Hall–Kier alpha value is -2.97. The second kappa shape index (κ2) is 9.26. The Kier molecular flexibility index (Phi) is 6.43. The lowest BCUT2D eigenvalue weighted by Gasteiger charge is -2.31. The van der Waals surface area contributed by atoms with Gasteiger partial charge in [0, 0.05) is 19.6 Å². The number of nitrogens with zero attached hydrogens (tertiary/aromatic N) is 2. The number of hydrogen-bond donors (Lipinski definition) is 2. The third-order valence-electron chi connectivity index (χ3n) is 5.56. The molecule has 168 valence electrons. The smallest absolute Gasteiger partial charge is 0.257 e. The zero-order valence-electron chi connectivity index (χ0n) is 17.4. The van der Waals surface area contributed by atoms with E-state index in [9.17, 15) is 18.7 Å². The van der Waals surface area contributed by atoms with Crippen LogP contribution in [0.4, 0.5) is 14.5 Å². The van der Waals surface area contributed by atoms with Crippen molar-refractivity contribution < 1.29 is 23.2 Å². The SMILES string of the molecule is Cc1onc(-c2c(F)cccc2Cl)c1C(=O)NCc1ccc(N2CCC(O)CC2)c(F)c1. The molecular formula is C23H22ClF2N3O3. The number of hydrogen-bond acceptors (Lipinski definition) is 5. The minimum Gasteiger partial charge on any atom is -0.393 e. The molecule has 2 N–H and O–H groups in total. The van der Waals surface area contributed by atoms with Crippen molar-refractivity contribution in [1.29, 1.82) is 0 Å². The van der Waals surface area contributed by atoms with E-state index in [0.717, 1.165) is 0 Å². The van der Waals surface area contributed by atoms with Gasteiger partial charge in [0.05, 0.1) is 22.4 Å². The molecule has 0 radical (unpaired) electrons. The highest BCUT2D eigenvalue weighted by molar-refractivity contribution is 6.33. The van der Waals surface area contributed by atoms with Gasteiger partial charge >= 0.3 is 0 Å².